The van der Waals surface area contributed by atoms with E-state index in [1.165, 1.54) is 0 Å². The van der Waals surface area contributed by atoms with Crippen molar-refractivity contribution < 1.29 is 4.39 Å². The first-order valence-corrected chi connectivity index (χ1v) is 4.33. The quantitative estimate of drug-likeness (QED) is 0.627. The summed E-state index contributed by atoms with van der Waals surface area (Å²) < 4.78 is 13.0. The second-order valence-electron chi connectivity index (χ2n) is 2.83. The average Bonchev–Trinajstić information content (AvgIpc) is 2.09. The highest BCUT2D eigenvalue weighted by molar-refractivity contribution is 5.24. The summed E-state index contributed by atoms with van der Waals surface area (Å²) in [5.41, 5.74) is 5.94. The number of halogens is 1. The highest BCUT2D eigenvalue weighted by Crippen LogP contribution is 2.17. The summed E-state index contributed by atoms with van der Waals surface area (Å²) >= 11 is 0. The number of hydrogen-bond donors (Lipinski definition) is 2. The van der Waals surface area contributed by atoms with Gasteiger partial charge in [0.1, 0.15) is 5.83 Å². The predicted molar refractivity (Wildman–Crippen MR) is 48.2 cm³/mol. The lowest BCUT2D eigenvalue weighted by atomic mass is 10.1. The normalized spacial score (nSPS) is 16.8. The van der Waals surface area contributed by atoms with Gasteiger partial charge < -0.3 is 11.1 Å². The highest BCUT2D eigenvalue weighted by atomic mass is 19.1. The maximum absolute atomic E-state index is 13.0. The molecule has 0 aromatic carbocycles. The molecule has 0 aliphatic heterocycles. The van der Waals surface area contributed by atoms with Gasteiger partial charge in [-0.25, -0.2) is 4.39 Å². The van der Waals surface area contributed by atoms with E-state index >= 15 is 0 Å². The molecule has 3 heteroatoms. The van der Waals surface area contributed by atoms with Crippen molar-refractivity contribution in [2.75, 3.05) is 13.1 Å². The zero-order valence-corrected chi connectivity index (χ0v) is 7.15. The van der Waals surface area contributed by atoms with Crippen LogP contribution in [0.25, 0.3) is 0 Å². The van der Waals surface area contributed by atoms with Gasteiger partial charge in [-0.3, -0.25) is 0 Å². The molecule has 0 saturated carbocycles. The van der Waals surface area contributed by atoms with Crippen LogP contribution in [0.1, 0.15) is 19.3 Å². The van der Waals surface area contributed by atoms with Crippen LogP contribution in [0.2, 0.25) is 0 Å². The molecule has 68 valence electrons. The van der Waals surface area contributed by atoms with Crippen LogP contribution in [0.15, 0.2) is 23.7 Å². The molecule has 12 heavy (non-hydrogen) atoms. The molecular weight excluding hydrogens is 155 g/mol. The van der Waals surface area contributed by atoms with Gasteiger partial charge in [-0.2, -0.15) is 0 Å². The molecule has 0 atom stereocenters. The summed E-state index contributed by atoms with van der Waals surface area (Å²) in [6.45, 7) is 1.40. The van der Waals surface area contributed by atoms with E-state index in [1.54, 1.807) is 6.08 Å². The van der Waals surface area contributed by atoms with E-state index in [1.807, 2.05) is 6.08 Å². The summed E-state index contributed by atoms with van der Waals surface area (Å²) in [5, 5.41) is 3.01. The Morgan fingerprint density at radius 1 is 1.58 bits per heavy atom. The molecule has 0 radical (unpaired) electrons. The Morgan fingerprint density at radius 3 is 3.08 bits per heavy atom. The Kier molecular flexibility index (Phi) is 3.80. The van der Waals surface area contributed by atoms with Crippen molar-refractivity contribution in [1.82, 2.24) is 5.32 Å². The number of allylic oxidation sites excluding steroid dienone is 3. The molecule has 2 nitrogen and oxygen atoms in total. The van der Waals surface area contributed by atoms with E-state index in [9.17, 15) is 4.39 Å². The maximum atomic E-state index is 13.0. The second kappa shape index (κ2) is 4.93. The van der Waals surface area contributed by atoms with Gasteiger partial charge >= 0.3 is 0 Å². The van der Waals surface area contributed by atoms with Crippen molar-refractivity contribution >= 4 is 0 Å². The Morgan fingerprint density at radius 2 is 2.42 bits per heavy atom. The van der Waals surface area contributed by atoms with E-state index in [0.29, 0.717) is 18.7 Å². The van der Waals surface area contributed by atoms with Gasteiger partial charge in [-0.1, -0.05) is 6.08 Å². The molecule has 0 aromatic heterocycles. The van der Waals surface area contributed by atoms with Gasteiger partial charge in [0, 0.05) is 13.0 Å². The van der Waals surface area contributed by atoms with Gasteiger partial charge in [-0.15, -0.1) is 0 Å². The molecule has 1 aliphatic carbocycles. The molecule has 1 aliphatic rings. The molecule has 0 aromatic rings. The van der Waals surface area contributed by atoms with Gasteiger partial charge in [0.15, 0.2) is 0 Å². The van der Waals surface area contributed by atoms with Crippen molar-refractivity contribution in [2.45, 2.75) is 19.3 Å². The van der Waals surface area contributed by atoms with Crippen LogP contribution >= 0.6 is 0 Å². The Hall–Kier alpha value is -0.830. The topological polar surface area (TPSA) is 38.0 Å². The fourth-order valence-electron chi connectivity index (χ4n) is 1.12. The summed E-state index contributed by atoms with van der Waals surface area (Å²) in [6, 6.07) is 0. The fraction of sp³-hybridized carbons (Fsp3) is 0.556. The number of hydrogen-bond acceptors (Lipinski definition) is 2. The molecular formula is C9H15FN2. The zero-order chi connectivity index (χ0) is 8.81. The van der Waals surface area contributed by atoms with E-state index in [2.05, 4.69) is 5.32 Å². The Labute approximate surface area is 72.3 Å². The van der Waals surface area contributed by atoms with Crippen LogP contribution < -0.4 is 11.1 Å². The van der Waals surface area contributed by atoms with Crippen molar-refractivity contribution in [2.24, 2.45) is 5.73 Å². The predicted octanol–water partition coefficient (Wildman–Crippen LogP) is 1.46. The van der Waals surface area contributed by atoms with Gasteiger partial charge in [0.25, 0.3) is 0 Å². The smallest absolute Gasteiger partial charge is 0.123 e. The average molecular weight is 170 g/mol. The zero-order valence-electron chi connectivity index (χ0n) is 7.15. The summed E-state index contributed by atoms with van der Waals surface area (Å²) in [5.74, 6) is -0.0329. The second-order valence-corrected chi connectivity index (χ2v) is 2.83. The van der Waals surface area contributed by atoms with Gasteiger partial charge in [0.2, 0.25) is 0 Å². The lowest BCUT2D eigenvalue weighted by molar-refractivity contribution is 0.559. The largest absolute Gasteiger partial charge is 0.383 e. The van der Waals surface area contributed by atoms with Crippen LogP contribution in [0.4, 0.5) is 4.39 Å². The molecule has 0 unspecified atom stereocenters. The third kappa shape index (κ3) is 2.66. The minimum atomic E-state index is -0.0329. The third-order valence-electron chi connectivity index (χ3n) is 1.80. The summed E-state index contributed by atoms with van der Waals surface area (Å²) in [4.78, 5) is 0. The van der Waals surface area contributed by atoms with Gasteiger partial charge in [0.05, 0.1) is 5.70 Å². The van der Waals surface area contributed by atoms with E-state index in [0.717, 1.165) is 19.4 Å². The minimum Gasteiger partial charge on any atom is -0.383 e. The first-order valence-electron chi connectivity index (χ1n) is 4.33. The van der Waals surface area contributed by atoms with E-state index in [-0.39, 0.29) is 5.83 Å². The molecule has 0 fully saturated rings. The van der Waals surface area contributed by atoms with Crippen molar-refractivity contribution in [1.29, 1.82) is 0 Å². The lowest BCUT2D eigenvalue weighted by Gasteiger charge is -2.11. The van der Waals surface area contributed by atoms with Crippen LogP contribution in [0.3, 0.4) is 0 Å². The number of rotatable bonds is 4. The fourth-order valence-corrected chi connectivity index (χ4v) is 1.12. The molecule has 0 saturated heterocycles. The first-order chi connectivity index (χ1) is 5.84. The SMILES string of the molecule is NCCCNC1=C(F)CCC=C1. The third-order valence-corrected chi connectivity index (χ3v) is 1.80. The number of nitrogens with two attached hydrogens (primary N) is 1. The Balaban J connectivity index is 2.34. The van der Waals surface area contributed by atoms with Gasteiger partial charge in [-0.05, 0) is 25.5 Å². The summed E-state index contributed by atoms with van der Waals surface area (Å²) in [6.07, 6.45) is 6.00. The minimum absolute atomic E-state index is 0.0329. The molecule has 0 heterocycles. The van der Waals surface area contributed by atoms with E-state index < -0.39 is 0 Å². The molecule has 3 N–H and O–H groups in total. The maximum Gasteiger partial charge on any atom is 0.123 e. The van der Waals surface area contributed by atoms with Crippen LogP contribution in [-0.2, 0) is 0 Å². The molecule has 1 rings (SSSR count). The van der Waals surface area contributed by atoms with Crippen molar-refractivity contribution in [3.8, 4) is 0 Å². The van der Waals surface area contributed by atoms with Crippen LogP contribution in [0, 0.1) is 0 Å². The molecule has 0 bridgehead atoms. The highest BCUT2D eigenvalue weighted by Gasteiger charge is 2.05. The number of nitrogens with one attached hydrogen (secondary N) is 1. The van der Waals surface area contributed by atoms with E-state index in [4.69, 9.17) is 5.73 Å². The standard InChI is InChI=1S/C9H15FN2/c10-8-4-1-2-5-9(8)12-7-3-6-11/h2,5,12H,1,3-4,6-7,11H2. The monoisotopic (exact) mass is 170 g/mol. The van der Waals surface area contributed by atoms with Crippen molar-refractivity contribution in [3.63, 3.8) is 0 Å². The molecule has 0 amide bonds. The lowest BCUT2D eigenvalue weighted by Crippen LogP contribution is -2.18. The van der Waals surface area contributed by atoms with Crippen LogP contribution in [-0.4, -0.2) is 13.1 Å². The summed E-state index contributed by atoms with van der Waals surface area (Å²) in [7, 11) is 0. The van der Waals surface area contributed by atoms with Crippen LogP contribution in [0.5, 0.6) is 0 Å². The molecule has 0 spiro atoms. The van der Waals surface area contributed by atoms with Crippen molar-refractivity contribution in [3.05, 3.63) is 23.7 Å². The Bertz CT molecular complexity index is 197. The first kappa shape index (κ1) is 9.26.